The van der Waals surface area contributed by atoms with E-state index >= 15 is 0 Å². The molecule has 0 bridgehead atoms. The summed E-state index contributed by atoms with van der Waals surface area (Å²) in [6.45, 7) is 2.72. The molecule has 0 fully saturated rings. The van der Waals surface area contributed by atoms with Gasteiger partial charge in [0.05, 0.1) is 13.2 Å². The van der Waals surface area contributed by atoms with Crippen molar-refractivity contribution in [3.63, 3.8) is 0 Å². The first-order valence-corrected chi connectivity index (χ1v) is 10.1. The van der Waals surface area contributed by atoms with Gasteiger partial charge in [-0.25, -0.2) is 0 Å². The Morgan fingerprint density at radius 3 is 2.48 bits per heavy atom. The van der Waals surface area contributed by atoms with Crippen molar-refractivity contribution < 1.29 is 9.53 Å². The molecule has 0 aliphatic carbocycles. The lowest BCUT2D eigenvalue weighted by Gasteiger charge is -2.11. The van der Waals surface area contributed by atoms with E-state index in [1.165, 1.54) is 5.56 Å². The van der Waals surface area contributed by atoms with Gasteiger partial charge in [-0.3, -0.25) is 4.79 Å². The van der Waals surface area contributed by atoms with Gasteiger partial charge in [-0.1, -0.05) is 48.0 Å². The molecule has 5 heteroatoms. The molecule has 3 aromatic carbocycles. The third kappa shape index (κ3) is 6.54. The lowest BCUT2D eigenvalue weighted by molar-refractivity contribution is -0.114. The van der Waals surface area contributed by atoms with Crippen molar-refractivity contribution in [2.75, 3.05) is 23.8 Å². The maximum absolute atomic E-state index is 12.2. The normalized spacial score (nSPS) is 10.4. The van der Waals surface area contributed by atoms with Crippen molar-refractivity contribution in [3.05, 3.63) is 88.9 Å². The van der Waals surface area contributed by atoms with E-state index in [0.29, 0.717) is 11.6 Å². The first-order valence-electron chi connectivity index (χ1n) is 9.67. The Balaban J connectivity index is 1.39. The lowest BCUT2D eigenvalue weighted by Crippen LogP contribution is -2.22. The Kier molecular flexibility index (Phi) is 7.54. The maximum atomic E-state index is 12.2. The molecule has 0 atom stereocenters. The van der Waals surface area contributed by atoms with E-state index in [1.807, 2.05) is 49.4 Å². The van der Waals surface area contributed by atoms with Crippen LogP contribution in [0.5, 0.6) is 5.75 Å². The lowest BCUT2D eigenvalue weighted by atomic mass is 10.1. The fourth-order valence-electron chi connectivity index (χ4n) is 2.90. The molecule has 3 rings (SSSR count). The van der Waals surface area contributed by atoms with Crippen molar-refractivity contribution in [3.8, 4) is 5.75 Å². The van der Waals surface area contributed by atoms with E-state index in [9.17, 15) is 4.79 Å². The molecule has 0 aromatic heterocycles. The molecule has 0 spiro atoms. The summed E-state index contributed by atoms with van der Waals surface area (Å²) in [4.78, 5) is 12.2. The van der Waals surface area contributed by atoms with Crippen LogP contribution >= 0.6 is 11.6 Å². The van der Waals surface area contributed by atoms with E-state index < -0.39 is 0 Å². The summed E-state index contributed by atoms with van der Waals surface area (Å²) in [6, 6.07) is 23.5. The highest BCUT2D eigenvalue weighted by molar-refractivity contribution is 6.31. The van der Waals surface area contributed by atoms with E-state index in [2.05, 4.69) is 34.9 Å². The van der Waals surface area contributed by atoms with Crippen LogP contribution in [0.4, 0.5) is 11.4 Å². The zero-order valence-electron chi connectivity index (χ0n) is 16.5. The van der Waals surface area contributed by atoms with Crippen molar-refractivity contribution >= 4 is 28.9 Å². The summed E-state index contributed by atoms with van der Waals surface area (Å²) in [5.74, 6) is 0.694. The molecule has 2 N–H and O–H groups in total. The summed E-state index contributed by atoms with van der Waals surface area (Å²) in [5, 5.41) is 6.62. The van der Waals surface area contributed by atoms with Gasteiger partial charge in [-0.05, 0) is 67.3 Å². The Bertz CT molecular complexity index is 927. The smallest absolute Gasteiger partial charge is 0.243 e. The van der Waals surface area contributed by atoms with Crippen LogP contribution in [0, 0.1) is 6.92 Å². The Morgan fingerprint density at radius 1 is 0.966 bits per heavy atom. The van der Waals surface area contributed by atoms with Crippen LogP contribution in [0.2, 0.25) is 5.02 Å². The van der Waals surface area contributed by atoms with Gasteiger partial charge in [-0.2, -0.15) is 0 Å². The minimum absolute atomic E-state index is 0.128. The second kappa shape index (κ2) is 10.5. The van der Waals surface area contributed by atoms with E-state index in [1.54, 1.807) is 6.07 Å². The second-order valence-corrected chi connectivity index (χ2v) is 7.18. The first-order chi connectivity index (χ1) is 14.1. The molecule has 3 aromatic rings. The molecule has 4 nitrogen and oxygen atoms in total. The molecule has 0 unspecified atom stereocenters. The van der Waals surface area contributed by atoms with Crippen LogP contribution in [-0.4, -0.2) is 19.1 Å². The van der Waals surface area contributed by atoms with Crippen LogP contribution in [-0.2, 0) is 11.2 Å². The largest absolute Gasteiger partial charge is 0.494 e. The highest BCUT2D eigenvalue weighted by atomic mass is 35.5. The number of aryl methyl sites for hydroxylation is 1. The van der Waals surface area contributed by atoms with Gasteiger partial charge in [0.25, 0.3) is 0 Å². The molecule has 0 aliphatic rings. The highest BCUT2D eigenvalue weighted by Gasteiger charge is 2.06. The number of hydrogen-bond acceptors (Lipinski definition) is 3. The minimum atomic E-state index is -0.128. The fraction of sp³-hybridized carbons (Fsp3) is 0.208. The number of halogens is 1. The van der Waals surface area contributed by atoms with Gasteiger partial charge in [0.2, 0.25) is 5.91 Å². The predicted molar refractivity (Wildman–Crippen MR) is 120 cm³/mol. The molecule has 150 valence electrons. The molecular weight excluding hydrogens is 384 g/mol. The number of anilines is 2. The summed E-state index contributed by atoms with van der Waals surface area (Å²) >= 11 is 6.08. The van der Waals surface area contributed by atoms with E-state index in [0.717, 1.165) is 35.5 Å². The Labute approximate surface area is 176 Å². The molecule has 0 aliphatic heterocycles. The fourth-order valence-corrected chi connectivity index (χ4v) is 3.07. The third-order valence-electron chi connectivity index (χ3n) is 4.57. The molecule has 0 heterocycles. The van der Waals surface area contributed by atoms with Gasteiger partial charge < -0.3 is 15.4 Å². The number of amides is 1. The number of benzene rings is 3. The van der Waals surface area contributed by atoms with Crippen LogP contribution in [0.3, 0.4) is 0 Å². The SMILES string of the molecule is Cc1c(Cl)cccc1NC(=O)CNc1ccc(OCCCc2ccccc2)cc1. The average Bonchev–Trinajstić information content (AvgIpc) is 2.75. The molecule has 29 heavy (non-hydrogen) atoms. The van der Waals surface area contributed by atoms with Gasteiger partial charge in [0, 0.05) is 16.4 Å². The van der Waals surface area contributed by atoms with Crippen molar-refractivity contribution in [2.45, 2.75) is 19.8 Å². The molecular formula is C24H25ClN2O2. The Morgan fingerprint density at radius 2 is 1.72 bits per heavy atom. The molecule has 0 saturated carbocycles. The zero-order valence-corrected chi connectivity index (χ0v) is 17.2. The predicted octanol–water partition coefficient (Wildman–Crippen LogP) is 5.71. The van der Waals surface area contributed by atoms with Crippen molar-refractivity contribution in [2.24, 2.45) is 0 Å². The Hall–Kier alpha value is -2.98. The molecule has 0 radical (unpaired) electrons. The number of nitrogens with one attached hydrogen (secondary N) is 2. The van der Waals surface area contributed by atoms with Gasteiger partial charge in [-0.15, -0.1) is 0 Å². The zero-order chi connectivity index (χ0) is 20.5. The number of ether oxygens (including phenoxy) is 1. The minimum Gasteiger partial charge on any atom is -0.494 e. The van der Waals surface area contributed by atoms with E-state index in [-0.39, 0.29) is 12.5 Å². The van der Waals surface area contributed by atoms with Crippen LogP contribution in [0.25, 0.3) is 0 Å². The van der Waals surface area contributed by atoms with Crippen molar-refractivity contribution in [1.29, 1.82) is 0 Å². The average molecular weight is 409 g/mol. The third-order valence-corrected chi connectivity index (χ3v) is 4.98. The standard InChI is InChI=1S/C24H25ClN2O2/c1-18-22(25)10-5-11-23(18)27-24(28)17-26-20-12-14-21(15-13-20)29-16-6-9-19-7-3-2-4-8-19/h2-5,7-8,10-15,26H,6,9,16-17H2,1H3,(H,27,28). The molecule has 1 amide bonds. The number of carbonyl (C=O) groups is 1. The van der Waals surface area contributed by atoms with Crippen molar-refractivity contribution in [1.82, 2.24) is 0 Å². The number of hydrogen-bond donors (Lipinski definition) is 2. The van der Waals surface area contributed by atoms with Crippen LogP contribution in [0.15, 0.2) is 72.8 Å². The topological polar surface area (TPSA) is 50.4 Å². The first kappa shape index (κ1) is 20.7. The van der Waals surface area contributed by atoms with Crippen LogP contribution in [0.1, 0.15) is 17.5 Å². The molecule has 0 saturated heterocycles. The van der Waals surface area contributed by atoms with Gasteiger partial charge in [0.1, 0.15) is 5.75 Å². The summed E-state index contributed by atoms with van der Waals surface area (Å²) in [5.41, 5.74) is 3.77. The van der Waals surface area contributed by atoms with Gasteiger partial charge in [0.15, 0.2) is 0 Å². The summed E-state index contributed by atoms with van der Waals surface area (Å²) in [6.07, 6.45) is 1.97. The van der Waals surface area contributed by atoms with Crippen LogP contribution < -0.4 is 15.4 Å². The van der Waals surface area contributed by atoms with E-state index in [4.69, 9.17) is 16.3 Å². The summed E-state index contributed by atoms with van der Waals surface area (Å²) in [7, 11) is 0. The second-order valence-electron chi connectivity index (χ2n) is 6.78. The highest BCUT2D eigenvalue weighted by Crippen LogP contribution is 2.23. The monoisotopic (exact) mass is 408 g/mol. The number of rotatable bonds is 9. The summed E-state index contributed by atoms with van der Waals surface area (Å²) < 4.78 is 5.79. The number of carbonyl (C=O) groups excluding carboxylic acids is 1. The maximum Gasteiger partial charge on any atom is 0.243 e. The quantitative estimate of drug-likeness (QED) is 0.446. The van der Waals surface area contributed by atoms with Gasteiger partial charge >= 0.3 is 0 Å².